The molecular weight excluding hydrogens is 414 g/mol. The standard InChI is InChI=1S/C26H35N5O2/c1-5-33-17-20(4)30-16-24(31(26(30)32)22-8-6-7-19(3)15-22)23-13-14-27-25(29-23)28-21-11-9-18(2)10-12-21/h6-8,13-16,18,20-21H,5,9-12,17H2,1-4H3,(H,27,28,29). The van der Waals surface area contributed by atoms with Crippen LogP contribution in [0.1, 0.15) is 58.1 Å². The quantitative estimate of drug-likeness (QED) is 0.524. The van der Waals surface area contributed by atoms with Crippen LogP contribution in [0.15, 0.2) is 47.5 Å². The van der Waals surface area contributed by atoms with Crippen LogP contribution in [0.5, 0.6) is 0 Å². The normalized spacial score (nSPS) is 19.4. The fourth-order valence-electron chi connectivity index (χ4n) is 4.50. The number of imidazole rings is 1. The van der Waals surface area contributed by atoms with Crippen molar-refractivity contribution in [1.29, 1.82) is 0 Å². The number of benzene rings is 1. The second kappa shape index (κ2) is 10.3. The maximum absolute atomic E-state index is 13.5. The van der Waals surface area contributed by atoms with Crippen LogP contribution in [-0.2, 0) is 4.74 Å². The molecule has 0 bridgehead atoms. The molecule has 1 unspecified atom stereocenters. The van der Waals surface area contributed by atoms with E-state index in [2.05, 4.69) is 17.2 Å². The molecule has 0 saturated heterocycles. The zero-order valence-electron chi connectivity index (χ0n) is 20.1. The van der Waals surface area contributed by atoms with E-state index >= 15 is 0 Å². The highest BCUT2D eigenvalue weighted by molar-refractivity contribution is 5.59. The van der Waals surface area contributed by atoms with Crippen molar-refractivity contribution in [1.82, 2.24) is 19.1 Å². The molecule has 1 atom stereocenters. The van der Waals surface area contributed by atoms with Gasteiger partial charge >= 0.3 is 5.69 Å². The lowest BCUT2D eigenvalue weighted by Crippen LogP contribution is -2.27. The molecular formula is C26H35N5O2. The van der Waals surface area contributed by atoms with Gasteiger partial charge in [0, 0.05) is 25.0 Å². The Balaban J connectivity index is 1.72. The Morgan fingerprint density at radius 3 is 2.73 bits per heavy atom. The molecule has 2 heterocycles. The van der Waals surface area contributed by atoms with E-state index in [0.717, 1.165) is 41.4 Å². The maximum Gasteiger partial charge on any atom is 0.333 e. The molecule has 0 aliphatic heterocycles. The van der Waals surface area contributed by atoms with Crippen molar-refractivity contribution in [3.05, 3.63) is 58.8 Å². The van der Waals surface area contributed by atoms with Gasteiger partial charge in [-0.15, -0.1) is 0 Å². The summed E-state index contributed by atoms with van der Waals surface area (Å²) in [5.74, 6) is 1.41. The van der Waals surface area contributed by atoms with Crippen LogP contribution in [0.2, 0.25) is 0 Å². The van der Waals surface area contributed by atoms with Gasteiger partial charge in [0.25, 0.3) is 0 Å². The first-order chi connectivity index (χ1) is 16.0. The van der Waals surface area contributed by atoms with Crippen molar-refractivity contribution in [2.45, 2.75) is 65.5 Å². The highest BCUT2D eigenvalue weighted by atomic mass is 16.5. The van der Waals surface area contributed by atoms with E-state index in [9.17, 15) is 4.79 Å². The third-order valence-corrected chi connectivity index (χ3v) is 6.48. The summed E-state index contributed by atoms with van der Waals surface area (Å²) >= 11 is 0. The summed E-state index contributed by atoms with van der Waals surface area (Å²) in [5, 5.41) is 3.52. The number of nitrogens with one attached hydrogen (secondary N) is 1. The summed E-state index contributed by atoms with van der Waals surface area (Å²) in [6.07, 6.45) is 8.38. The first-order valence-corrected chi connectivity index (χ1v) is 12.0. The molecule has 1 N–H and O–H groups in total. The summed E-state index contributed by atoms with van der Waals surface area (Å²) in [5.41, 5.74) is 3.29. The summed E-state index contributed by atoms with van der Waals surface area (Å²) in [6, 6.07) is 10.1. The van der Waals surface area contributed by atoms with Crippen molar-refractivity contribution in [2.75, 3.05) is 18.5 Å². The summed E-state index contributed by atoms with van der Waals surface area (Å²) in [4.78, 5) is 22.8. The van der Waals surface area contributed by atoms with Gasteiger partial charge in [0.2, 0.25) is 5.95 Å². The van der Waals surface area contributed by atoms with E-state index in [-0.39, 0.29) is 11.7 Å². The van der Waals surface area contributed by atoms with Crippen LogP contribution >= 0.6 is 0 Å². The summed E-state index contributed by atoms with van der Waals surface area (Å²) < 4.78 is 9.07. The Hall–Kier alpha value is -2.93. The minimum Gasteiger partial charge on any atom is -0.380 e. The van der Waals surface area contributed by atoms with Crippen molar-refractivity contribution < 1.29 is 4.74 Å². The van der Waals surface area contributed by atoms with Gasteiger partial charge < -0.3 is 10.1 Å². The third-order valence-electron chi connectivity index (χ3n) is 6.48. The van der Waals surface area contributed by atoms with Gasteiger partial charge in [0.1, 0.15) is 0 Å². The van der Waals surface area contributed by atoms with Gasteiger partial charge in [-0.2, -0.15) is 0 Å². The molecule has 0 spiro atoms. The van der Waals surface area contributed by atoms with Gasteiger partial charge in [0.05, 0.1) is 29.7 Å². The Morgan fingerprint density at radius 2 is 2.00 bits per heavy atom. The number of nitrogens with zero attached hydrogens (tertiary/aromatic N) is 4. The molecule has 3 aromatic rings. The molecule has 7 heteroatoms. The molecule has 1 fully saturated rings. The van der Waals surface area contributed by atoms with Gasteiger partial charge in [-0.25, -0.2) is 14.8 Å². The van der Waals surface area contributed by atoms with Crippen LogP contribution in [0.25, 0.3) is 17.1 Å². The molecule has 1 aromatic carbocycles. The highest BCUT2D eigenvalue weighted by Gasteiger charge is 2.21. The second-order valence-corrected chi connectivity index (χ2v) is 9.25. The lowest BCUT2D eigenvalue weighted by Gasteiger charge is -2.26. The van der Waals surface area contributed by atoms with E-state index in [1.807, 2.05) is 57.3 Å². The predicted molar refractivity (Wildman–Crippen MR) is 132 cm³/mol. The number of ether oxygens (including phenoxy) is 1. The lowest BCUT2D eigenvalue weighted by molar-refractivity contribution is 0.118. The van der Waals surface area contributed by atoms with Crippen molar-refractivity contribution in [3.8, 4) is 17.1 Å². The Labute approximate surface area is 195 Å². The number of hydrogen-bond donors (Lipinski definition) is 1. The number of rotatable bonds is 8. The summed E-state index contributed by atoms with van der Waals surface area (Å²) in [6.45, 7) is 9.39. The molecule has 0 amide bonds. The molecule has 1 aliphatic rings. The smallest absolute Gasteiger partial charge is 0.333 e. The molecule has 176 valence electrons. The Morgan fingerprint density at radius 1 is 1.21 bits per heavy atom. The second-order valence-electron chi connectivity index (χ2n) is 9.25. The van der Waals surface area contributed by atoms with E-state index in [4.69, 9.17) is 9.72 Å². The van der Waals surface area contributed by atoms with Gasteiger partial charge in [-0.3, -0.25) is 9.13 Å². The molecule has 1 aliphatic carbocycles. The van der Waals surface area contributed by atoms with Gasteiger partial charge in [-0.05, 0) is 76.1 Å². The van der Waals surface area contributed by atoms with Crippen LogP contribution in [0.3, 0.4) is 0 Å². The summed E-state index contributed by atoms with van der Waals surface area (Å²) in [7, 11) is 0. The van der Waals surface area contributed by atoms with E-state index < -0.39 is 0 Å². The molecule has 1 saturated carbocycles. The molecule has 7 nitrogen and oxygen atoms in total. The minimum absolute atomic E-state index is 0.0917. The van der Waals surface area contributed by atoms with Gasteiger partial charge in [-0.1, -0.05) is 19.1 Å². The fourth-order valence-corrected chi connectivity index (χ4v) is 4.50. The van der Waals surface area contributed by atoms with Crippen LogP contribution in [0, 0.1) is 12.8 Å². The van der Waals surface area contributed by atoms with Crippen molar-refractivity contribution in [3.63, 3.8) is 0 Å². The average molecular weight is 450 g/mol. The third kappa shape index (κ3) is 5.36. The fraction of sp³-hybridized carbons (Fsp3) is 0.500. The van der Waals surface area contributed by atoms with Crippen molar-refractivity contribution in [2.24, 2.45) is 5.92 Å². The van der Waals surface area contributed by atoms with E-state index in [1.165, 1.54) is 12.8 Å². The predicted octanol–water partition coefficient (Wildman–Crippen LogP) is 4.99. The minimum atomic E-state index is -0.0998. The first-order valence-electron chi connectivity index (χ1n) is 12.0. The topological polar surface area (TPSA) is 74.0 Å². The van der Waals surface area contributed by atoms with E-state index in [0.29, 0.717) is 25.2 Å². The molecule has 2 aromatic heterocycles. The molecule has 33 heavy (non-hydrogen) atoms. The monoisotopic (exact) mass is 449 g/mol. The highest BCUT2D eigenvalue weighted by Crippen LogP contribution is 2.27. The lowest BCUT2D eigenvalue weighted by atomic mass is 9.87. The van der Waals surface area contributed by atoms with Gasteiger partial charge in [0.15, 0.2) is 0 Å². The average Bonchev–Trinajstić information content (AvgIpc) is 3.16. The SMILES string of the molecule is CCOCC(C)n1cc(-c2ccnc(NC3CCC(C)CC3)n2)n(-c2cccc(C)c2)c1=O. The zero-order chi connectivity index (χ0) is 23.4. The Kier molecular flexibility index (Phi) is 7.28. The zero-order valence-corrected chi connectivity index (χ0v) is 20.1. The van der Waals surface area contributed by atoms with Crippen LogP contribution < -0.4 is 11.0 Å². The number of aromatic nitrogens is 4. The number of hydrogen-bond acceptors (Lipinski definition) is 5. The first kappa shape index (κ1) is 23.2. The molecule has 0 radical (unpaired) electrons. The maximum atomic E-state index is 13.5. The van der Waals surface area contributed by atoms with E-state index in [1.54, 1.807) is 15.3 Å². The van der Waals surface area contributed by atoms with Crippen LogP contribution in [0.4, 0.5) is 5.95 Å². The number of anilines is 1. The molecule has 4 rings (SSSR count). The van der Waals surface area contributed by atoms with Crippen LogP contribution in [-0.4, -0.2) is 38.4 Å². The largest absolute Gasteiger partial charge is 0.380 e. The van der Waals surface area contributed by atoms with Crippen molar-refractivity contribution >= 4 is 5.95 Å². The number of aryl methyl sites for hydroxylation is 1. The Bertz CT molecular complexity index is 1130.